The van der Waals surface area contributed by atoms with E-state index in [0.717, 1.165) is 22.0 Å². The Bertz CT molecular complexity index is 763. The van der Waals surface area contributed by atoms with Gasteiger partial charge in [-0.2, -0.15) is 0 Å². The first-order chi connectivity index (χ1) is 9.66. The summed E-state index contributed by atoms with van der Waals surface area (Å²) in [6.07, 6.45) is 1.73. The van der Waals surface area contributed by atoms with Crippen molar-refractivity contribution in [3.8, 4) is 0 Å². The van der Waals surface area contributed by atoms with Gasteiger partial charge in [0.25, 0.3) is 0 Å². The van der Waals surface area contributed by atoms with E-state index in [1.54, 1.807) is 18.3 Å². The third-order valence-electron chi connectivity index (χ3n) is 3.49. The molecule has 0 saturated heterocycles. The average Bonchev–Trinajstić information content (AvgIpc) is 2.48. The van der Waals surface area contributed by atoms with Gasteiger partial charge in [-0.15, -0.1) is 0 Å². The molecule has 3 aromatic rings. The number of nitrogens with zero attached hydrogens (tertiary/aromatic N) is 1. The third-order valence-corrected chi connectivity index (χ3v) is 3.49. The number of hydrogen-bond donors (Lipinski definition) is 1. The van der Waals surface area contributed by atoms with Crippen LogP contribution in [0.1, 0.15) is 22.7 Å². The highest BCUT2D eigenvalue weighted by Gasteiger charge is 2.16. The fraction of sp³-hybridized carbons (Fsp3) is 0.118. The molecule has 0 aliphatic rings. The lowest BCUT2D eigenvalue weighted by Crippen LogP contribution is -2.14. The molecule has 1 unspecified atom stereocenters. The van der Waals surface area contributed by atoms with E-state index >= 15 is 0 Å². The number of fused-ring (bicyclic) bond motifs is 1. The lowest BCUT2D eigenvalue weighted by Gasteiger charge is -2.16. The van der Waals surface area contributed by atoms with Crippen molar-refractivity contribution < 1.29 is 4.39 Å². The molecule has 0 saturated carbocycles. The SMILES string of the molecule is Cc1ccc(F)c(C(N)c2cccc3cccnc23)c1. The van der Waals surface area contributed by atoms with E-state index in [9.17, 15) is 4.39 Å². The van der Waals surface area contributed by atoms with Gasteiger partial charge in [-0.25, -0.2) is 4.39 Å². The molecule has 100 valence electrons. The van der Waals surface area contributed by atoms with Gasteiger partial charge in [-0.1, -0.05) is 42.0 Å². The lowest BCUT2D eigenvalue weighted by molar-refractivity contribution is 0.599. The normalized spacial score (nSPS) is 12.6. The number of pyridine rings is 1. The first-order valence-electron chi connectivity index (χ1n) is 6.52. The Kier molecular flexibility index (Phi) is 3.20. The van der Waals surface area contributed by atoms with Gasteiger partial charge in [-0.3, -0.25) is 4.98 Å². The summed E-state index contributed by atoms with van der Waals surface area (Å²) in [5, 5.41) is 1.01. The van der Waals surface area contributed by atoms with Crippen molar-refractivity contribution in [2.45, 2.75) is 13.0 Å². The van der Waals surface area contributed by atoms with Crippen molar-refractivity contribution in [1.29, 1.82) is 0 Å². The number of nitrogens with two attached hydrogens (primary N) is 1. The summed E-state index contributed by atoms with van der Waals surface area (Å²) in [4.78, 5) is 4.38. The van der Waals surface area contributed by atoms with E-state index in [0.29, 0.717) is 5.56 Å². The van der Waals surface area contributed by atoms with Crippen LogP contribution in [-0.4, -0.2) is 4.98 Å². The zero-order valence-corrected chi connectivity index (χ0v) is 11.2. The maximum atomic E-state index is 14.0. The first-order valence-corrected chi connectivity index (χ1v) is 6.52. The lowest BCUT2D eigenvalue weighted by atomic mass is 9.95. The Morgan fingerprint density at radius 1 is 1.05 bits per heavy atom. The summed E-state index contributed by atoms with van der Waals surface area (Å²) in [5.41, 5.74) is 9.43. The van der Waals surface area contributed by atoms with Gasteiger partial charge in [0, 0.05) is 17.1 Å². The second-order valence-corrected chi connectivity index (χ2v) is 4.92. The molecule has 0 spiro atoms. The predicted molar refractivity (Wildman–Crippen MR) is 78.9 cm³/mol. The average molecular weight is 266 g/mol. The van der Waals surface area contributed by atoms with E-state index in [1.165, 1.54) is 6.07 Å². The van der Waals surface area contributed by atoms with Crippen LogP contribution >= 0.6 is 0 Å². The molecule has 2 nitrogen and oxygen atoms in total. The molecule has 2 N–H and O–H groups in total. The number of halogens is 1. The molecular formula is C17H15FN2. The summed E-state index contributed by atoms with van der Waals surface area (Å²) in [6.45, 7) is 1.93. The highest BCUT2D eigenvalue weighted by Crippen LogP contribution is 2.27. The fourth-order valence-corrected chi connectivity index (χ4v) is 2.45. The Labute approximate surface area is 117 Å². The summed E-state index contributed by atoms with van der Waals surface area (Å²) >= 11 is 0. The predicted octanol–water partition coefficient (Wildman–Crippen LogP) is 3.73. The standard InChI is InChI=1S/C17H15FN2/c1-11-7-8-15(18)14(10-11)16(19)13-6-2-4-12-5-3-9-20-17(12)13/h2-10,16H,19H2,1H3. The van der Waals surface area contributed by atoms with Crippen molar-refractivity contribution in [3.05, 3.63) is 77.2 Å². The maximum absolute atomic E-state index is 14.0. The Balaban J connectivity index is 2.17. The Morgan fingerprint density at radius 2 is 1.85 bits per heavy atom. The molecule has 0 aliphatic carbocycles. The van der Waals surface area contributed by atoms with Gasteiger partial charge in [-0.05, 0) is 24.6 Å². The summed E-state index contributed by atoms with van der Waals surface area (Å²) < 4.78 is 14.0. The highest BCUT2D eigenvalue weighted by molar-refractivity contribution is 5.82. The molecular weight excluding hydrogens is 251 g/mol. The Morgan fingerprint density at radius 3 is 2.70 bits per heavy atom. The highest BCUT2D eigenvalue weighted by atomic mass is 19.1. The minimum absolute atomic E-state index is 0.281. The molecule has 1 atom stereocenters. The second-order valence-electron chi connectivity index (χ2n) is 4.92. The van der Waals surface area contributed by atoms with Crippen LogP contribution in [0.15, 0.2) is 54.7 Å². The zero-order chi connectivity index (χ0) is 14.1. The van der Waals surface area contributed by atoms with Gasteiger partial charge in [0.2, 0.25) is 0 Å². The number of benzene rings is 2. The van der Waals surface area contributed by atoms with Crippen molar-refractivity contribution in [2.24, 2.45) is 5.73 Å². The van der Waals surface area contributed by atoms with Gasteiger partial charge in [0.1, 0.15) is 5.82 Å². The first kappa shape index (κ1) is 12.8. The monoisotopic (exact) mass is 266 g/mol. The van der Waals surface area contributed by atoms with Gasteiger partial charge in [0.15, 0.2) is 0 Å². The minimum Gasteiger partial charge on any atom is -0.320 e. The van der Waals surface area contributed by atoms with Crippen molar-refractivity contribution >= 4 is 10.9 Å². The molecule has 0 radical (unpaired) electrons. The largest absolute Gasteiger partial charge is 0.320 e. The van der Waals surface area contributed by atoms with E-state index in [4.69, 9.17) is 5.73 Å². The van der Waals surface area contributed by atoms with E-state index in [1.807, 2.05) is 37.3 Å². The van der Waals surface area contributed by atoms with Crippen molar-refractivity contribution in [3.63, 3.8) is 0 Å². The summed E-state index contributed by atoms with van der Waals surface area (Å²) in [5.74, 6) is -0.281. The molecule has 1 aromatic heterocycles. The van der Waals surface area contributed by atoms with Crippen LogP contribution in [0.5, 0.6) is 0 Å². The maximum Gasteiger partial charge on any atom is 0.128 e. The summed E-state index contributed by atoms with van der Waals surface area (Å²) in [6, 6.07) is 14.1. The topological polar surface area (TPSA) is 38.9 Å². The van der Waals surface area contributed by atoms with Crippen LogP contribution in [0.4, 0.5) is 4.39 Å². The minimum atomic E-state index is -0.520. The Hall–Kier alpha value is -2.26. The van der Waals surface area contributed by atoms with E-state index in [2.05, 4.69) is 4.98 Å². The van der Waals surface area contributed by atoms with Gasteiger partial charge in [0.05, 0.1) is 11.6 Å². The molecule has 2 aromatic carbocycles. The quantitative estimate of drug-likeness (QED) is 0.767. The van der Waals surface area contributed by atoms with Crippen LogP contribution in [0.2, 0.25) is 0 Å². The molecule has 3 rings (SSSR count). The smallest absolute Gasteiger partial charge is 0.128 e. The molecule has 0 fully saturated rings. The molecule has 20 heavy (non-hydrogen) atoms. The molecule has 0 aliphatic heterocycles. The second kappa shape index (κ2) is 5.02. The molecule has 0 amide bonds. The van der Waals surface area contributed by atoms with E-state index < -0.39 is 6.04 Å². The molecule has 3 heteroatoms. The number of aromatic nitrogens is 1. The van der Waals surface area contributed by atoms with E-state index in [-0.39, 0.29) is 5.82 Å². The van der Waals surface area contributed by atoms with Crippen LogP contribution < -0.4 is 5.73 Å². The van der Waals surface area contributed by atoms with Crippen molar-refractivity contribution in [2.75, 3.05) is 0 Å². The summed E-state index contributed by atoms with van der Waals surface area (Å²) in [7, 11) is 0. The van der Waals surface area contributed by atoms with Gasteiger partial charge < -0.3 is 5.73 Å². The number of aryl methyl sites for hydroxylation is 1. The van der Waals surface area contributed by atoms with Crippen LogP contribution in [0.25, 0.3) is 10.9 Å². The number of para-hydroxylation sites is 1. The van der Waals surface area contributed by atoms with Crippen LogP contribution in [0.3, 0.4) is 0 Å². The number of rotatable bonds is 2. The van der Waals surface area contributed by atoms with Crippen LogP contribution in [-0.2, 0) is 0 Å². The molecule has 1 heterocycles. The molecule has 0 bridgehead atoms. The van der Waals surface area contributed by atoms with Gasteiger partial charge >= 0.3 is 0 Å². The number of hydrogen-bond acceptors (Lipinski definition) is 2. The van der Waals surface area contributed by atoms with Crippen LogP contribution in [0, 0.1) is 12.7 Å². The fourth-order valence-electron chi connectivity index (χ4n) is 2.45. The zero-order valence-electron chi connectivity index (χ0n) is 11.2. The third kappa shape index (κ3) is 2.17. The van der Waals surface area contributed by atoms with Crippen molar-refractivity contribution in [1.82, 2.24) is 4.98 Å².